The highest BCUT2D eigenvalue weighted by Gasteiger charge is 2.47. The molecule has 0 N–H and O–H groups in total. The molecule has 1 aromatic carbocycles. The van der Waals surface area contributed by atoms with Crippen LogP contribution >= 0.6 is 11.3 Å². The molecule has 0 unspecified atom stereocenters. The molecule has 0 bridgehead atoms. The molecule has 30 heavy (non-hydrogen) atoms. The largest absolute Gasteiger partial charge is 0.543 e. The van der Waals surface area contributed by atoms with Crippen molar-refractivity contribution in [3.05, 3.63) is 46.2 Å². The van der Waals surface area contributed by atoms with E-state index in [9.17, 15) is 0 Å². The maximum absolute atomic E-state index is 6.94. The quantitative estimate of drug-likeness (QED) is 0.419. The molecule has 2 nitrogen and oxygen atoms in total. The molecule has 4 heteroatoms. The van der Waals surface area contributed by atoms with Gasteiger partial charge in [0, 0.05) is 22.1 Å². The van der Waals surface area contributed by atoms with Crippen LogP contribution in [0.15, 0.2) is 35.7 Å². The van der Waals surface area contributed by atoms with E-state index in [0.717, 1.165) is 24.3 Å². The average molecular weight is 441 g/mol. The molecule has 1 aliphatic heterocycles. The van der Waals surface area contributed by atoms with E-state index in [1.165, 1.54) is 28.9 Å². The summed E-state index contributed by atoms with van der Waals surface area (Å²) in [6, 6.07) is 10.9. The Kier molecular flexibility index (Phi) is 5.93. The summed E-state index contributed by atoms with van der Waals surface area (Å²) in [7, 11) is -1.98. The molecule has 1 saturated carbocycles. The lowest BCUT2D eigenvalue weighted by Gasteiger charge is -2.42. The van der Waals surface area contributed by atoms with Crippen LogP contribution < -0.4 is 9.16 Å². The Hall–Kier alpha value is -1.52. The van der Waals surface area contributed by atoms with Gasteiger partial charge in [-0.15, -0.1) is 11.3 Å². The van der Waals surface area contributed by atoms with Crippen molar-refractivity contribution < 1.29 is 9.16 Å². The third-order valence-corrected chi connectivity index (χ3v) is 14.2. The van der Waals surface area contributed by atoms with Crippen molar-refractivity contribution >= 4 is 31.3 Å². The van der Waals surface area contributed by atoms with E-state index >= 15 is 0 Å². The number of hydrogen-bond acceptors (Lipinski definition) is 3. The van der Waals surface area contributed by atoms with E-state index in [4.69, 9.17) is 9.16 Å². The second-order valence-corrected chi connectivity index (χ2v) is 16.3. The summed E-state index contributed by atoms with van der Waals surface area (Å²) in [5, 5.41) is 2.17. The minimum Gasteiger partial charge on any atom is -0.543 e. The Bertz CT molecular complexity index is 883. The van der Waals surface area contributed by atoms with E-state index < -0.39 is 8.32 Å². The van der Waals surface area contributed by atoms with Gasteiger partial charge >= 0.3 is 0 Å². The van der Waals surface area contributed by atoms with Crippen LogP contribution in [-0.4, -0.2) is 13.9 Å². The number of rotatable bonds is 6. The Morgan fingerprint density at radius 2 is 1.63 bits per heavy atom. The Balaban J connectivity index is 1.73. The van der Waals surface area contributed by atoms with Crippen LogP contribution in [0.1, 0.15) is 77.7 Å². The summed E-state index contributed by atoms with van der Waals surface area (Å²) in [4.78, 5) is 1.34. The number of hydrogen-bond donors (Lipinski definition) is 0. The van der Waals surface area contributed by atoms with Crippen molar-refractivity contribution in [2.24, 2.45) is 0 Å². The number of thiophene rings is 1. The van der Waals surface area contributed by atoms with Gasteiger partial charge in [-0.25, -0.2) is 0 Å². The summed E-state index contributed by atoms with van der Waals surface area (Å²) in [5.41, 5.74) is 4.04. The van der Waals surface area contributed by atoms with Gasteiger partial charge in [-0.1, -0.05) is 47.6 Å². The van der Waals surface area contributed by atoms with Crippen molar-refractivity contribution in [3.63, 3.8) is 0 Å². The van der Waals surface area contributed by atoms with Crippen LogP contribution in [0.5, 0.6) is 11.5 Å². The molecule has 0 atom stereocenters. The molecular weight excluding hydrogens is 404 g/mol. The molecule has 4 rings (SSSR count). The summed E-state index contributed by atoms with van der Waals surface area (Å²) >= 11 is 1.82. The van der Waals surface area contributed by atoms with Crippen molar-refractivity contribution in [3.8, 4) is 11.5 Å². The normalized spacial score (nSPS) is 18.1. The van der Waals surface area contributed by atoms with Crippen molar-refractivity contribution in [1.82, 2.24) is 0 Å². The Morgan fingerprint density at radius 1 is 0.967 bits per heavy atom. The van der Waals surface area contributed by atoms with Gasteiger partial charge in [0.15, 0.2) is 0 Å². The minimum atomic E-state index is -1.98. The maximum Gasteiger partial charge on any atom is 0.258 e. The molecule has 1 spiro atoms. The molecule has 2 aliphatic rings. The van der Waals surface area contributed by atoms with Gasteiger partial charge in [-0.3, -0.25) is 0 Å². The fourth-order valence-corrected chi connectivity index (χ4v) is 12.0. The molecule has 0 saturated heterocycles. The van der Waals surface area contributed by atoms with Crippen LogP contribution in [0.4, 0.5) is 0 Å². The monoisotopic (exact) mass is 440 g/mol. The first-order chi connectivity index (χ1) is 14.3. The van der Waals surface area contributed by atoms with Gasteiger partial charge in [0.1, 0.15) is 17.1 Å². The van der Waals surface area contributed by atoms with Crippen LogP contribution in [-0.2, 0) is 0 Å². The number of fused-ring (bicyclic) bond motifs is 1. The molecule has 1 aliphatic carbocycles. The zero-order valence-electron chi connectivity index (χ0n) is 19.3. The van der Waals surface area contributed by atoms with Gasteiger partial charge < -0.3 is 9.16 Å². The van der Waals surface area contributed by atoms with Gasteiger partial charge in [-0.05, 0) is 72.0 Å². The molecule has 0 radical (unpaired) electrons. The van der Waals surface area contributed by atoms with E-state index in [1.54, 1.807) is 0 Å². The van der Waals surface area contributed by atoms with Crippen molar-refractivity contribution in [2.45, 2.75) is 89.5 Å². The fraction of sp³-hybridized carbons (Fsp3) is 0.538. The maximum atomic E-state index is 6.94. The van der Waals surface area contributed by atoms with Crippen LogP contribution in [0.2, 0.25) is 16.6 Å². The lowest BCUT2D eigenvalue weighted by molar-refractivity contribution is 0.136. The second-order valence-electron chi connectivity index (χ2n) is 9.96. The molecular formula is C26H36O2SSi. The van der Waals surface area contributed by atoms with Crippen LogP contribution in [0, 0.1) is 0 Å². The topological polar surface area (TPSA) is 18.5 Å². The van der Waals surface area contributed by atoms with E-state index in [1.807, 2.05) is 11.3 Å². The first kappa shape index (κ1) is 21.7. The first-order valence-electron chi connectivity index (χ1n) is 11.6. The van der Waals surface area contributed by atoms with Crippen LogP contribution in [0.25, 0.3) is 11.6 Å². The zero-order valence-corrected chi connectivity index (χ0v) is 21.1. The van der Waals surface area contributed by atoms with Crippen molar-refractivity contribution in [2.75, 3.05) is 0 Å². The third kappa shape index (κ3) is 3.56. The van der Waals surface area contributed by atoms with Crippen molar-refractivity contribution in [1.29, 1.82) is 0 Å². The third-order valence-electron chi connectivity index (χ3n) is 7.28. The highest BCUT2D eigenvalue weighted by atomic mass is 32.1. The van der Waals surface area contributed by atoms with E-state index in [-0.39, 0.29) is 5.60 Å². The van der Waals surface area contributed by atoms with Gasteiger partial charge in [-0.2, -0.15) is 0 Å². The molecule has 2 heterocycles. The number of benzene rings is 1. The summed E-state index contributed by atoms with van der Waals surface area (Å²) in [6.45, 7) is 14.0. The highest BCUT2D eigenvalue weighted by molar-refractivity contribution is 7.11. The molecule has 1 fully saturated rings. The lowest BCUT2D eigenvalue weighted by atomic mass is 9.86. The summed E-state index contributed by atoms with van der Waals surface area (Å²) in [6.07, 6.45) is 7.04. The van der Waals surface area contributed by atoms with Gasteiger partial charge in [0.25, 0.3) is 8.32 Å². The van der Waals surface area contributed by atoms with E-state index in [0.29, 0.717) is 16.6 Å². The fourth-order valence-electron chi connectivity index (χ4n) is 5.94. The van der Waals surface area contributed by atoms with E-state index in [2.05, 4.69) is 83.3 Å². The SMILES string of the molecule is CC(C)[Si](Oc1ccc2c(c1)OC1(CCCC1)C(c1cccs1)=C2)(C(C)C)C(C)C. The number of ether oxygens (including phenoxy) is 1. The lowest BCUT2D eigenvalue weighted by Crippen LogP contribution is -2.50. The summed E-state index contributed by atoms with van der Waals surface area (Å²) < 4.78 is 13.8. The molecule has 0 amide bonds. The summed E-state index contributed by atoms with van der Waals surface area (Å²) in [5.74, 6) is 1.98. The van der Waals surface area contributed by atoms with Gasteiger partial charge in [0.05, 0.1) is 0 Å². The highest BCUT2D eigenvalue weighted by Crippen LogP contribution is 2.51. The molecule has 1 aromatic heterocycles. The average Bonchev–Trinajstić information content (AvgIpc) is 3.37. The predicted molar refractivity (Wildman–Crippen MR) is 132 cm³/mol. The molecule has 2 aromatic rings. The second kappa shape index (κ2) is 8.20. The first-order valence-corrected chi connectivity index (χ1v) is 14.6. The van der Waals surface area contributed by atoms with Gasteiger partial charge in [0.2, 0.25) is 0 Å². The predicted octanol–water partition coefficient (Wildman–Crippen LogP) is 8.55. The Morgan fingerprint density at radius 3 is 2.20 bits per heavy atom. The zero-order chi connectivity index (χ0) is 21.5. The smallest absolute Gasteiger partial charge is 0.258 e. The Labute approximate surface area is 187 Å². The van der Waals surface area contributed by atoms with Crippen LogP contribution in [0.3, 0.4) is 0 Å². The minimum absolute atomic E-state index is 0.168. The standard InChI is InChI=1S/C26H36O2SSi/c1-18(2)30(19(3)4,20(5)6)28-22-12-11-21-16-23(25-10-9-15-29-25)26(13-7-8-14-26)27-24(21)17-22/h9-12,15-20H,7-8,13-14H2,1-6H3. The molecule has 162 valence electrons.